The number of fused-ring (bicyclic) bond motifs is 2. The van der Waals surface area contributed by atoms with E-state index in [2.05, 4.69) is 25.3 Å². The molecule has 106 valence electrons. The van der Waals surface area contributed by atoms with E-state index in [-0.39, 0.29) is 17.3 Å². The Morgan fingerprint density at radius 1 is 1.14 bits per heavy atom. The lowest BCUT2D eigenvalue weighted by molar-refractivity contribution is 0.202. The third kappa shape index (κ3) is 1.88. The lowest BCUT2D eigenvalue weighted by Crippen LogP contribution is -2.24. The van der Waals surface area contributed by atoms with E-state index >= 15 is 0 Å². The zero-order valence-corrected chi connectivity index (χ0v) is 10.8. The number of aromatic amines is 3. The van der Waals surface area contributed by atoms with Gasteiger partial charge in [0.1, 0.15) is 11.3 Å². The number of H-pyrrole nitrogens is 3. The summed E-state index contributed by atoms with van der Waals surface area (Å²) in [5.41, 5.74) is 0.277. The number of ether oxygens (including phenoxy) is 1. The Balaban J connectivity index is 1.77. The first-order valence-corrected chi connectivity index (χ1v) is 6.42. The van der Waals surface area contributed by atoms with Crippen LogP contribution in [0.25, 0.3) is 11.2 Å². The molecule has 0 saturated heterocycles. The van der Waals surface area contributed by atoms with E-state index < -0.39 is 11.2 Å². The third-order valence-electron chi connectivity index (χ3n) is 3.35. The molecule has 0 amide bonds. The Labute approximate surface area is 117 Å². The van der Waals surface area contributed by atoms with E-state index in [1.54, 1.807) is 0 Å². The molecule has 8 heteroatoms. The molecular weight excluding hydrogens is 274 g/mol. The van der Waals surface area contributed by atoms with Crippen molar-refractivity contribution in [1.82, 2.24) is 19.9 Å². The minimum Gasteiger partial charge on any atom is -0.478 e. The van der Waals surface area contributed by atoms with Crippen LogP contribution in [-0.4, -0.2) is 26.5 Å². The summed E-state index contributed by atoms with van der Waals surface area (Å²) < 4.78 is 5.86. The number of hydrogen-bond acceptors (Lipinski definition) is 5. The van der Waals surface area contributed by atoms with E-state index in [0.717, 1.165) is 11.4 Å². The van der Waals surface area contributed by atoms with Crippen molar-refractivity contribution in [2.24, 2.45) is 0 Å². The summed E-state index contributed by atoms with van der Waals surface area (Å²) in [4.78, 5) is 34.7. The van der Waals surface area contributed by atoms with Gasteiger partial charge < -0.3 is 15.0 Å². The molecule has 1 atom stereocenters. The number of rotatable bonds is 1. The van der Waals surface area contributed by atoms with Crippen molar-refractivity contribution in [3.8, 4) is 5.75 Å². The fourth-order valence-corrected chi connectivity index (χ4v) is 2.37. The van der Waals surface area contributed by atoms with Crippen LogP contribution in [0.5, 0.6) is 5.75 Å². The number of para-hydroxylation sites is 2. The SMILES string of the molecule is O=c1[nH]c(=O)c2[nH]c(C3CNc4ccccc4O3)nc2[nH]1. The topological polar surface area (TPSA) is 116 Å². The molecule has 4 N–H and O–H groups in total. The molecule has 8 nitrogen and oxygen atoms in total. The molecule has 3 heterocycles. The first-order chi connectivity index (χ1) is 10.2. The van der Waals surface area contributed by atoms with Gasteiger partial charge in [-0.2, -0.15) is 0 Å². The highest BCUT2D eigenvalue weighted by Gasteiger charge is 2.24. The van der Waals surface area contributed by atoms with Gasteiger partial charge in [0.15, 0.2) is 17.6 Å². The van der Waals surface area contributed by atoms with Crippen molar-refractivity contribution < 1.29 is 4.74 Å². The third-order valence-corrected chi connectivity index (χ3v) is 3.35. The molecule has 0 saturated carbocycles. The Morgan fingerprint density at radius 2 is 2.00 bits per heavy atom. The first-order valence-electron chi connectivity index (χ1n) is 6.42. The molecule has 21 heavy (non-hydrogen) atoms. The van der Waals surface area contributed by atoms with Crippen LogP contribution < -0.4 is 21.3 Å². The summed E-state index contributed by atoms with van der Waals surface area (Å²) in [6, 6.07) is 7.57. The van der Waals surface area contributed by atoms with Crippen LogP contribution in [0.1, 0.15) is 11.9 Å². The highest BCUT2D eigenvalue weighted by Crippen LogP contribution is 2.32. The van der Waals surface area contributed by atoms with Gasteiger partial charge in [-0.05, 0) is 12.1 Å². The van der Waals surface area contributed by atoms with Gasteiger partial charge in [0.2, 0.25) is 0 Å². The molecule has 1 aliphatic heterocycles. The van der Waals surface area contributed by atoms with Crippen LogP contribution in [0.2, 0.25) is 0 Å². The molecule has 3 aromatic rings. The van der Waals surface area contributed by atoms with E-state index in [1.165, 1.54) is 0 Å². The highest BCUT2D eigenvalue weighted by atomic mass is 16.5. The lowest BCUT2D eigenvalue weighted by atomic mass is 10.2. The fourth-order valence-electron chi connectivity index (χ4n) is 2.37. The summed E-state index contributed by atoms with van der Waals surface area (Å²) in [5, 5.41) is 3.24. The minimum atomic E-state index is -0.585. The van der Waals surface area contributed by atoms with E-state index in [0.29, 0.717) is 12.4 Å². The number of imidazole rings is 1. The highest BCUT2D eigenvalue weighted by molar-refractivity contribution is 5.69. The van der Waals surface area contributed by atoms with Crippen LogP contribution in [0.4, 0.5) is 5.69 Å². The Hall–Kier alpha value is -3.03. The molecule has 0 spiro atoms. The van der Waals surface area contributed by atoms with Gasteiger partial charge in [0.25, 0.3) is 5.56 Å². The van der Waals surface area contributed by atoms with Crippen molar-refractivity contribution in [3.63, 3.8) is 0 Å². The van der Waals surface area contributed by atoms with Crippen molar-refractivity contribution in [2.45, 2.75) is 6.10 Å². The predicted octanol–water partition coefficient (Wildman–Crippen LogP) is 0.485. The monoisotopic (exact) mass is 285 g/mol. The van der Waals surface area contributed by atoms with Crippen LogP contribution >= 0.6 is 0 Å². The van der Waals surface area contributed by atoms with Gasteiger partial charge in [0, 0.05) is 0 Å². The Bertz CT molecular complexity index is 939. The summed E-state index contributed by atoms with van der Waals surface area (Å²) in [6.07, 6.45) is -0.366. The average Bonchev–Trinajstić information content (AvgIpc) is 2.91. The summed E-state index contributed by atoms with van der Waals surface area (Å²) >= 11 is 0. The Morgan fingerprint density at radius 3 is 2.90 bits per heavy atom. The molecule has 1 aliphatic rings. The molecule has 0 aliphatic carbocycles. The van der Waals surface area contributed by atoms with Crippen LogP contribution in [0.15, 0.2) is 33.9 Å². The van der Waals surface area contributed by atoms with Crippen molar-refractivity contribution in [3.05, 3.63) is 50.9 Å². The number of benzene rings is 1. The van der Waals surface area contributed by atoms with Gasteiger partial charge in [-0.25, -0.2) is 9.78 Å². The van der Waals surface area contributed by atoms with Crippen LogP contribution in [0.3, 0.4) is 0 Å². The summed E-state index contributed by atoms with van der Waals surface area (Å²) in [7, 11) is 0. The quantitative estimate of drug-likeness (QED) is 0.519. The van der Waals surface area contributed by atoms with Gasteiger partial charge in [-0.1, -0.05) is 12.1 Å². The zero-order valence-electron chi connectivity index (χ0n) is 10.8. The fraction of sp³-hybridized carbons (Fsp3) is 0.154. The largest absolute Gasteiger partial charge is 0.478 e. The predicted molar refractivity (Wildman–Crippen MR) is 75.6 cm³/mol. The van der Waals surface area contributed by atoms with Crippen LogP contribution in [-0.2, 0) is 0 Å². The van der Waals surface area contributed by atoms with Crippen molar-refractivity contribution >= 4 is 16.9 Å². The van der Waals surface area contributed by atoms with Crippen molar-refractivity contribution in [2.75, 3.05) is 11.9 Å². The van der Waals surface area contributed by atoms with E-state index in [9.17, 15) is 9.59 Å². The maximum absolute atomic E-state index is 11.7. The second kappa shape index (κ2) is 4.23. The maximum Gasteiger partial charge on any atom is 0.327 e. The molecule has 0 radical (unpaired) electrons. The molecule has 0 bridgehead atoms. The van der Waals surface area contributed by atoms with E-state index in [1.807, 2.05) is 24.3 Å². The number of nitrogens with one attached hydrogen (secondary N) is 4. The van der Waals surface area contributed by atoms with Gasteiger partial charge in [-0.3, -0.25) is 14.8 Å². The number of anilines is 1. The first kappa shape index (κ1) is 11.8. The maximum atomic E-state index is 11.7. The second-order valence-electron chi connectivity index (χ2n) is 4.74. The average molecular weight is 285 g/mol. The number of nitrogens with zero attached hydrogens (tertiary/aromatic N) is 1. The van der Waals surface area contributed by atoms with Crippen LogP contribution in [0, 0.1) is 0 Å². The Kier molecular flexibility index (Phi) is 2.37. The lowest BCUT2D eigenvalue weighted by Gasteiger charge is -2.25. The zero-order chi connectivity index (χ0) is 14.4. The minimum absolute atomic E-state index is 0.223. The van der Waals surface area contributed by atoms with Gasteiger partial charge in [-0.15, -0.1) is 0 Å². The molecule has 1 unspecified atom stereocenters. The molecule has 4 rings (SSSR count). The molecule has 2 aromatic heterocycles. The smallest absolute Gasteiger partial charge is 0.327 e. The standard InChI is InChI=1S/C13H11N5O3/c19-12-9-11(17-13(20)18-12)16-10(15-9)8-5-14-6-3-1-2-4-7(6)21-8/h1-4,8,14H,5H2,(H3,15,16,17,18,19,20). The molecular formula is C13H11N5O3. The molecule has 1 aromatic carbocycles. The number of hydrogen-bond donors (Lipinski definition) is 4. The summed E-state index contributed by atoms with van der Waals surface area (Å²) in [6.45, 7) is 0.513. The van der Waals surface area contributed by atoms with Gasteiger partial charge >= 0.3 is 5.69 Å². The van der Waals surface area contributed by atoms with Crippen molar-refractivity contribution in [1.29, 1.82) is 0 Å². The summed E-state index contributed by atoms with van der Waals surface area (Å²) in [5.74, 6) is 1.20. The second-order valence-corrected chi connectivity index (χ2v) is 4.74. The number of aromatic nitrogens is 4. The normalized spacial score (nSPS) is 17.0. The molecule has 0 fully saturated rings. The van der Waals surface area contributed by atoms with E-state index in [4.69, 9.17) is 4.74 Å². The van der Waals surface area contributed by atoms with Gasteiger partial charge in [0.05, 0.1) is 12.2 Å².